The number of nitrogens with two attached hydrogens (primary N) is 1. The zero-order valence-electron chi connectivity index (χ0n) is 11.5. The van der Waals surface area contributed by atoms with Crippen molar-refractivity contribution in [2.45, 2.75) is 33.2 Å². The van der Waals surface area contributed by atoms with Gasteiger partial charge in [-0.05, 0) is 24.0 Å². The molecular weight excluding hydrogens is 250 g/mol. The number of rotatable bonds is 4. The minimum absolute atomic E-state index is 0.0608. The maximum atomic E-state index is 13.4. The molecule has 0 spiro atoms. The molecule has 19 heavy (non-hydrogen) atoms. The third-order valence-electron chi connectivity index (χ3n) is 2.58. The second-order valence-corrected chi connectivity index (χ2v) is 5.86. The Kier molecular flexibility index (Phi) is 5.00. The smallest absolute Gasteiger partial charge is 0.254 e. The molecule has 0 aromatic heterocycles. The molecule has 0 aliphatic rings. The molecule has 3 N–H and O–H groups in total. The highest BCUT2D eigenvalue weighted by Gasteiger charge is 2.17. The summed E-state index contributed by atoms with van der Waals surface area (Å²) in [6.07, 6.45) is 0.735. The van der Waals surface area contributed by atoms with E-state index in [1.54, 1.807) is 0 Å². The fourth-order valence-electron chi connectivity index (χ4n) is 1.85. The molecule has 1 amide bonds. The lowest BCUT2D eigenvalue weighted by atomic mass is 9.88. The van der Waals surface area contributed by atoms with Crippen molar-refractivity contribution in [1.82, 2.24) is 5.32 Å². The van der Waals surface area contributed by atoms with Crippen molar-refractivity contribution in [3.63, 3.8) is 0 Å². The Hall–Kier alpha value is -1.49. The molecule has 1 atom stereocenters. The van der Waals surface area contributed by atoms with Gasteiger partial charge >= 0.3 is 0 Å². The van der Waals surface area contributed by atoms with E-state index >= 15 is 0 Å². The van der Waals surface area contributed by atoms with E-state index in [0.717, 1.165) is 18.6 Å². The highest BCUT2D eigenvalue weighted by molar-refractivity contribution is 5.94. The first-order valence-corrected chi connectivity index (χ1v) is 6.18. The van der Waals surface area contributed by atoms with E-state index in [1.807, 2.05) is 20.8 Å². The van der Waals surface area contributed by atoms with Gasteiger partial charge in [0.25, 0.3) is 5.91 Å². The van der Waals surface area contributed by atoms with Gasteiger partial charge in [0.05, 0.1) is 5.56 Å². The first kappa shape index (κ1) is 15.6. The number of nitrogens with one attached hydrogen (secondary N) is 1. The van der Waals surface area contributed by atoms with Crippen LogP contribution < -0.4 is 11.1 Å². The van der Waals surface area contributed by atoms with Crippen molar-refractivity contribution >= 4 is 5.91 Å². The lowest BCUT2D eigenvalue weighted by Gasteiger charge is -2.23. The van der Waals surface area contributed by atoms with Gasteiger partial charge in [-0.25, -0.2) is 8.78 Å². The zero-order valence-corrected chi connectivity index (χ0v) is 11.5. The number of carbonyl (C=O) groups excluding carboxylic acids is 1. The van der Waals surface area contributed by atoms with Crippen molar-refractivity contribution in [2.24, 2.45) is 11.1 Å². The summed E-state index contributed by atoms with van der Waals surface area (Å²) < 4.78 is 26.1. The first-order chi connectivity index (χ1) is 8.69. The Labute approximate surface area is 112 Å². The van der Waals surface area contributed by atoms with Gasteiger partial charge in [-0.2, -0.15) is 0 Å². The molecule has 106 valence electrons. The van der Waals surface area contributed by atoms with Crippen molar-refractivity contribution < 1.29 is 13.6 Å². The van der Waals surface area contributed by atoms with Crippen LogP contribution in [0.3, 0.4) is 0 Å². The molecule has 1 aromatic rings. The van der Waals surface area contributed by atoms with E-state index in [0.29, 0.717) is 6.07 Å². The van der Waals surface area contributed by atoms with Crippen molar-refractivity contribution in [2.75, 3.05) is 6.54 Å². The summed E-state index contributed by atoms with van der Waals surface area (Å²) in [6, 6.07) is 2.65. The highest BCUT2D eigenvalue weighted by Crippen LogP contribution is 2.19. The third-order valence-corrected chi connectivity index (χ3v) is 2.58. The van der Waals surface area contributed by atoms with Crippen LogP contribution in [0.1, 0.15) is 37.6 Å². The lowest BCUT2D eigenvalue weighted by Crippen LogP contribution is -2.39. The van der Waals surface area contributed by atoms with Crippen molar-refractivity contribution in [3.8, 4) is 0 Å². The normalized spacial score (nSPS) is 13.2. The Morgan fingerprint density at radius 3 is 2.53 bits per heavy atom. The predicted molar refractivity (Wildman–Crippen MR) is 70.7 cm³/mol. The zero-order chi connectivity index (χ0) is 14.6. The Morgan fingerprint density at radius 2 is 2.00 bits per heavy atom. The van der Waals surface area contributed by atoms with Gasteiger partial charge in [0.1, 0.15) is 11.6 Å². The SMILES string of the molecule is CC(C)(C)CC(N)CNC(=O)c1ccc(F)cc1F. The van der Waals surface area contributed by atoms with Crippen LogP contribution in [0.4, 0.5) is 8.78 Å². The van der Waals surface area contributed by atoms with Gasteiger partial charge in [-0.15, -0.1) is 0 Å². The maximum Gasteiger partial charge on any atom is 0.254 e. The molecule has 0 saturated carbocycles. The minimum atomic E-state index is -0.873. The van der Waals surface area contributed by atoms with E-state index < -0.39 is 17.5 Å². The summed E-state index contributed by atoms with van der Waals surface area (Å²) in [5.74, 6) is -2.16. The summed E-state index contributed by atoms with van der Waals surface area (Å²) in [6.45, 7) is 6.41. The second-order valence-electron chi connectivity index (χ2n) is 5.86. The summed E-state index contributed by atoms with van der Waals surface area (Å²) in [5, 5.41) is 2.56. The lowest BCUT2D eigenvalue weighted by molar-refractivity contribution is 0.0944. The molecule has 0 bridgehead atoms. The fourth-order valence-corrected chi connectivity index (χ4v) is 1.85. The van der Waals surface area contributed by atoms with Crippen LogP contribution in [0.5, 0.6) is 0 Å². The van der Waals surface area contributed by atoms with Gasteiger partial charge in [-0.3, -0.25) is 4.79 Å². The predicted octanol–water partition coefficient (Wildman–Crippen LogP) is 2.46. The second kappa shape index (κ2) is 6.10. The molecule has 3 nitrogen and oxygen atoms in total. The average molecular weight is 270 g/mol. The van der Waals surface area contributed by atoms with Crippen molar-refractivity contribution in [1.29, 1.82) is 0 Å². The third kappa shape index (κ3) is 5.34. The molecular formula is C14H20F2N2O. The largest absolute Gasteiger partial charge is 0.350 e. The summed E-state index contributed by atoms with van der Waals surface area (Å²) in [5.41, 5.74) is 5.76. The van der Waals surface area contributed by atoms with Gasteiger partial charge in [0.2, 0.25) is 0 Å². The van der Waals surface area contributed by atoms with Gasteiger partial charge in [0.15, 0.2) is 0 Å². The quantitative estimate of drug-likeness (QED) is 0.883. The molecule has 0 saturated heterocycles. The first-order valence-electron chi connectivity index (χ1n) is 6.18. The monoisotopic (exact) mass is 270 g/mol. The number of benzene rings is 1. The average Bonchev–Trinajstić information content (AvgIpc) is 2.23. The van der Waals surface area contributed by atoms with Crippen LogP contribution in [0.15, 0.2) is 18.2 Å². The molecule has 0 aliphatic carbocycles. The van der Waals surface area contributed by atoms with Crippen LogP contribution in [0.25, 0.3) is 0 Å². The Balaban J connectivity index is 2.56. The maximum absolute atomic E-state index is 13.4. The summed E-state index contributed by atoms with van der Waals surface area (Å²) in [7, 11) is 0. The summed E-state index contributed by atoms with van der Waals surface area (Å²) in [4.78, 5) is 11.7. The number of halogens is 2. The molecule has 1 rings (SSSR count). The van der Waals surface area contributed by atoms with Crippen molar-refractivity contribution in [3.05, 3.63) is 35.4 Å². The number of hydrogen-bond donors (Lipinski definition) is 2. The van der Waals surface area contributed by atoms with Gasteiger partial charge in [-0.1, -0.05) is 20.8 Å². The fraction of sp³-hybridized carbons (Fsp3) is 0.500. The minimum Gasteiger partial charge on any atom is -0.350 e. The van der Waals surface area contributed by atoms with Crippen LogP contribution in [-0.2, 0) is 0 Å². The molecule has 0 heterocycles. The molecule has 1 aromatic carbocycles. The molecule has 0 radical (unpaired) electrons. The molecule has 0 fully saturated rings. The number of hydrogen-bond acceptors (Lipinski definition) is 2. The topological polar surface area (TPSA) is 55.1 Å². The number of carbonyl (C=O) groups is 1. The molecule has 5 heteroatoms. The van der Waals surface area contributed by atoms with E-state index in [4.69, 9.17) is 5.73 Å². The van der Waals surface area contributed by atoms with E-state index in [2.05, 4.69) is 5.32 Å². The Bertz CT molecular complexity index is 455. The van der Waals surface area contributed by atoms with Crippen LogP contribution in [0, 0.1) is 17.0 Å². The van der Waals surface area contributed by atoms with Gasteiger partial charge < -0.3 is 11.1 Å². The number of amides is 1. The van der Waals surface area contributed by atoms with E-state index in [9.17, 15) is 13.6 Å². The standard InChI is InChI=1S/C14H20F2N2O/c1-14(2,3)7-10(17)8-18-13(19)11-5-4-9(15)6-12(11)16/h4-6,10H,7-8,17H2,1-3H3,(H,18,19). The molecule has 0 aliphatic heterocycles. The Morgan fingerprint density at radius 1 is 1.37 bits per heavy atom. The van der Waals surface area contributed by atoms with Crippen LogP contribution >= 0.6 is 0 Å². The van der Waals surface area contributed by atoms with E-state index in [1.165, 1.54) is 0 Å². The highest BCUT2D eigenvalue weighted by atomic mass is 19.1. The van der Waals surface area contributed by atoms with Gasteiger partial charge in [0, 0.05) is 18.7 Å². The van der Waals surface area contributed by atoms with Crippen LogP contribution in [0.2, 0.25) is 0 Å². The van der Waals surface area contributed by atoms with Crippen LogP contribution in [-0.4, -0.2) is 18.5 Å². The summed E-state index contributed by atoms with van der Waals surface area (Å²) >= 11 is 0. The molecule has 1 unspecified atom stereocenters. The van der Waals surface area contributed by atoms with E-state index in [-0.39, 0.29) is 23.6 Å².